The van der Waals surface area contributed by atoms with Crippen molar-refractivity contribution < 1.29 is 4.39 Å². The summed E-state index contributed by atoms with van der Waals surface area (Å²) in [5.74, 6) is 0.399. The Morgan fingerprint density at radius 1 is 1.09 bits per heavy atom. The quantitative estimate of drug-likeness (QED) is 0.129. The van der Waals surface area contributed by atoms with Gasteiger partial charge in [-0.1, -0.05) is 49.6 Å². The van der Waals surface area contributed by atoms with Crippen LogP contribution in [0.3, 0.4) is 0 Å². The average molecular weight is 634 g/mol. The molecular formula is C39H48FN7. The summed E-state index contributed by atoms with van der Waals surface area (Å²) < 4.78 is 15.0. The maximum absolute atomic E-state index is 15.0. The number of aryl methyl sites for hydroxylation is 2. The number of fused-ring (bicyclic) bond motifs is 1. The number of imidazole rings is 1. The highest BCUT2D eigenvalue weighted by atomic mass is 19.1. The van der Waals surface area contributed by atoms with E-state index in [0.29, 0.717) is 11.5 Å². The van der Waals surface area contributed by atoms with Crippen LogP contribution in [0.15, 0.2) is 79.6 Å². The van der Waals surface area contributed by atoms with E-state index >= 15 is 0 Å². The van der Waals surface area contributed by atoms with Gasteiger partial charge in [-0.05, 0) is 133 Å². The lowest BCUT2D eigenvalue weighted by Crippen LogP contribution is -2.20. The van der Waals surface area contributed by atoms with Crippen molar-refractivity contribution in [1.29, 1.82) is 0 Å². The first-order chi connectivity index (χ1) is 22.8. The van der Waals surface area contributed by atoms with Crippen molar-refractivity contribution in [3.05, 3.63) is 113 Å². The normalized spacial score (nSPS) is 14.9. The Bertz CT molecular complexity index is 1800. The lowest BCUT2D eigenvalue weighted by atomic mass is 9.97. The van der Waals surface area contributed by atoms with Gasteiger partial charge in [0.05, 0.1) is 11.1 Å². The molecule has 1 aliphatic heterocycles. The fourth-order valence-electron chi connectivity index (χ4n) is 6.34. The summed E-state index contributed by atoms with van der Waals surface area (Å²) in [6, 6.07) is 7.42. The zero-order valence-electron chi connectivity index (χ0n) is 28.4. The van der Waals surface area contributed by atoms with Crippen LogP contribution in [0.4, 0.5) is 4.39 Å². The minimum Gasteiger partial charge on any atom is -0.340 e. The number of rotatable bonds is 15. The fourth-order valence-corrected chi connectivity index (χ4v) is 6.34. The van der Waals surface area contributed by atoms with Crippen LogP contribution in [0.2, 0.25) is 0 Å². The van der Waals surface area contributed by atoms with Crippen molar-refractivity contribution in [2.75, 3.05) is 40.3 Å². The molecule has 1 saturated heterocycles. The van der Waals surface area contributed by atoms with E-state index < -0.39 is 0 Å². The molecule has 2 N–H and O–H groups in total. The molecule has 4 heterocycles. The van der Waals surface area contributed by atoms with Gasteiger partial charge >= 0.3 is 0 Å². The fraction of sp³-hybridized carbons (Fsp3) is 0.359. The molecule has 0 amide bonds. The third-order valence-electron chi connectivity index (χ3n) is 8.80. The standard InChI is InChI=1S/C39H48FN7/c1-7-14-34(31-22-29(23-33(40)24-31)16-13-20-47-18-10-11-19-47)36-27(4)42-39(43-36)37-35-25-32(26-41-38(35)45-44-37)30(9-3)21-28(8-2)15-12-17-46(5)6/h7-9,14,21-26H,1-2,10-13,15-20H2,3-6H3,(H,42,43)(H,41,44,45)/b28-21+,30-9+,34-14-. The van der Waals surface area contributed by atoms with Crippen LogP contribution in [-0.4, -0.2) is 75.2 Å². The number of allylic oxidation sites excluding steroid dienone is 7. The van der Waals surface area contributed by atoms with E-state index in [1.165, 1.54) is 31.5 Å². The smallest absolute Gasteiger partial charge is 0.181 e. The van der Waals surface area contributed by atoms with Crippen molar-refractivity contribution in [3.63, 3.8) is 0 Å². The molecule has 0 aliphatic carbocycles. The Kier molecular flexibility index (Phi) is 11.5. The van der Waals surface area contributed by atoms with Crippen LogP contribution in [-0.2, 0) is 6.42 Å². The van der Waals surface area contributed by atoms with Crippen LogP contribution >= 0.6 is 0 Å². The predicted octanol–water partition coefficient (Wildman–Crippen LogP) is 8.30. The van der Waals surface area contributed by atoms with Crippen molar-refractivity contribution in [2.24, 2.45) is 0 Å². The largest absolute Gasteiger partial charge is 0.340 e. The van der Waals surface area contributed by atoms with Crippen LogP contribution < -0.4 is 0 Å². The van der Waals surface area contributed by atoms with Crippen molar-refractivity contribution in [2.45, 2.75) is 52.4 Å². The SMILES string of the molecule is C=C/C=C(/c1cc(F)cc(CCCN2CCCC2)c1)c1nc(-c2[nH]nc3ncc(C(/C=C(\C=C)CCCN(C)C)=C/C)cc23)[nH]c1C. The summed E-state index contributed by atoms with van der Waals surface area (Å²) in [4.78, 5) is 17.8. The Hall–Kier alpha value is -4.40. The lowest BCUT2D eigenvalue weighted by Gasteiger charge is -2.14. The third-order valence-corrected chi connectivity index (χ3v) is 8.80. The van der Waals surface area contributed by atoms with Crippen LogP contribution in [0.5, 0.6) is 0 Å². The number of pyridine rings is 1. The molecule has 246 valence electrons. The molecule has 1 aliphatic rings. The molecule has 7 nitrogen and oxygen atoms in total. The minimum absolute atomic E-state index is 0.244. The first kappa shape index (κ1) is 33.9. The molecule has 0 bridgehead atoms. The van der Waals surface area contributed by atoms with Crippen LogP contribution in [0.1, 0.15) is 67.1 Å². The number of halogens is 1. The second-order valence-electron chi connectivity index (χ2n) is 12.6. The highest BCUT2D eigenvalue weighted by molar-refractivity contribution is 5.92. The van der Waals surface area contributed by atoms with Crippen LogP contribution in [0.25, 0.3) is 33.7 Å². The summed E-state index contributed by atoms with van der Waals surface area (Å²) in [5, 5.41) is 8.50. The number of nitrogens with one attached hydrogen (secondary N) is 2. The van der Waals surface area contributed by atoms with Gasteiger partial charge in [0.2, 0.25) is 0 Å². The average Bonchev–Trinajstić information content (AvgIpc) is 3.81. The molecule has 0 radical (unpaired) electrons. The first-order valence-electron chi connectivity index (χ1n) is 16.7. The molecule has 3 aromatic heterocycles. The van der Waals surface area contributed by atoms with Gasteiger partial charge in [0.15, 0.2) is 11.5 Å². The first-order valence-corrected chi connectivity index (χ1v) is 16.7. The maximum Gasteiger partial charge on any atom is 0.181 e. The molecule has 8 heteroatoms. The molecular weight excluding hydrogens is 585 g/mol. The number of hydrogen-bond donors (Lipinski definition) is 2. The predicted molar refractivity (Wildman–Crippen MR) is 194 cm³/mol. The molecule has 0 saturated carbocycles. The van der Waals surface area contributed by atoms with E-state index in [0.717, 1.165) is 89.1 Å². The van der Waals surface area contributed by atoms with E-state index in [2.05, 4.69) is 81.5 Å². The van der Waals surface area contributed by atoms with Crippen molar-refractivity contribution in [3.8, 4) is 11.5 Å². The van der Waals surface area contributed by atoms with Gasteiger partial charge in [0, 0.05) is 23.0 Å². The zero-order chi connectivity index (χ0) is 33.3. The molecule has 5 rings (SSSR count). The summed E-state index contributed by atoms with van der Waals surface area (Å²) in [6.07, 6.45) is 18.1. The summed E-state index contributed by atoms with van der Waals surface area (Å²) in [5.41, 5.74) is 8.81. The Morgan fingerprint density at radius 2 is 1.89 bits per heavy atom. The number of H-pyrrole nitrogens is 2. The summed E-state index contributed by atoms with van der Waals surface area (Å²) >= 11 is 0. The molecule has 1 aromatic carbocycles. The van der Waals surface area contributed by atoms with E-state index in [-0.39, 0.29) is 5.82 Å². The number of nitrogens with zero attached hydrogens (tertiary/aromatic N) is 5. The molecule has 0 atom stereocenters. The second-order valence-corrected chi connectivity index (χ2v) is 12.6. The Morgan fingerprint density at radius 3 is 2.62 bits per heavy atom. The van der Waals surface area contributed by atoms with Gasteiger partial charge in [-0.2, -0.15) is 5.10 Å². The van der Waals surface area contributed by atoms with Crippen LogP contribution in [0, 0.1) is 12.7 Å². The topological polar surface area (TPSA) is 76.7 Å². The maximum atomic E-state index is 15.0. The third kappa shape index (κ3) is 8.50. The minimum atomic E-state index is -0.244. The van der Waals surface area contributed by atoms with Gasteiger partial charge < -0.3 is 14.8 Å². The van der Waals surface area contributed by atoms with Crippen molar-refractivity contribution in [1.82, 2.24) is 34.9 Å². The van der Waals surface area contributed by atoms with Gasteiger partial charge in [-0.15, -0.1) is 0 Å². The highest BCUT2D eigenvalue weighted by Gasteiger charge is 2.19. The van der Waals surface area contributed by atoms with Crippen molar-refractivity contribution >= 4 is 22.2 Å². The molecule has 0 spiro atoms. The highest BCUT2D eigenvalue weighted by Crippen LogP contribution is 2.32. The van der Waals surface area contributed by atoms with E-state index in [9.17, 15) is 4.39 Å². The van der Waals surface area contributed by atoms with Gasteiger partial charge in [-0.25, -0.2) is 14.4 Å². The molecule has 4 aromatic rings. The Labute approximate surface area is 278 Å². The van der Waals surface area contributed by atoms with Gasteiger partial charge in [-0.3, -0.25) is 5.10 Å². The lowest BCUT2D eigenvalue weighted by molar-refractivity contribution is 0.334. The monoisotopic (exact) mass is 633 g/mol. The molecule has 0 unspecified atom stereocenters. The number of aromatic nitrogens is 5. The second kappa shape index (κ2) is 15.9. The van der Waals surface area contributed by atoms with E-state index in [1.54, 1.807) is 18.2 Å². The molecule has 1 fully saturated rings. The molecule has 47 heavy (non-hydrogen) atoms. The number of hydrogen-bond acceptors (Lipinski definition) is 5. The van der Waals surface area contributed by atoms with Gasteiger partial charge in [0.25, 0.3) is 0 Å². The zero-order valence-corrected chi connectivity index (χ0v) is 28.4. The summed E-state index contributed by atoms with van der Waals surface area (Å²) in [6.45, 7) is 16.4. The Balaban J connectivity index is 1.43. The number of likely N-dealkylation sites (tertiary alicyclic amines) is 1. The number of aromatic amines is 2. The van der Waals surface area contributed by atoms with E-state index in [1.807, 2.05) is 32.2 Å². The van der Waals surface area contributed by atoms with E-state index in [4.69, 9.17) is 4.98 Å². The van der Waals surface area contributed by atoms with Gasteiger partial charge in [0.1, 0.15) is 11.5 Å². The number of benzene rings is 1. The summed E-state index contributed by atoms with van der Waals surface area (Å²) in [7, 11) is 4.18.